The predicted octanol–water partition coefficient (Wildman–Crippen LogP) is -1.57. The molecule has 0 aliphatic carbocycles. The summed E-state index contributed by atoms with van der Waals surface area (Å²) in [7, 11) is -8.85. The van der Waals surface area contributed by atoms with Gasteiger partial charge in [0.1, 0.15) is 0 Å². The number of carbonyl (C=O) groups is 1. The summed E-state index contributed by atoms with van der Waals surface area (Å²) >= 11 is 0. The first kappa shape index (κ1) is 24.0. The van der Waals surface area contributed by atoms with Gasteiger partial charge in [0, 0.05) is 0 Å². The normalized spacial score (nSPS) is 14.0. The average molecular weight is 393 g/mol. The third kappa shape index (κ3) is 16.9. The van der Waals surface area contributed by atoms with Gasteiger partial charge in [0.25, 0.3) is 0 Å². The van der Waals surface area contributed by atoms with Crippen molar-refractivity contribution in [2.45, 2.75) is 32.6 Å². The Hall–Kier alpha value is 0.01000. The molecule has 0 aromatic rings. The van der Waals surface area contributed by atoms with Gasteiger partial charge in [0.2, 0.25) is 0 Å². The van der Waals surface area contributed by atoms with Crippen LogP contribution in [0.25, 0.3) is 0 Å². The van der Waals surface area contributed by atoms with E-state index in [-0.39, 0.29) is 18.9 Å². The van der Waals surface area contributed by atoms with E-state index < -0.39 is 28.5 Å². The number of nitrogens with zero attached hydrogens (tertiary/aromatic N) is 1. The Labute approximate surface area is 143 Å². The minimum absolute atomic E-state index is 0.109. The van der Waals surface area contributed by atoms with E-state index in [1.54, 1.807) is 0 Å². The number of nitrogens with one attached hydrogen (secondary N) is 2. The Morgan fingerprint density at radius 2 is 1.50 bits per heavy atom. The van der Waals surface area contributed by atoms with Gasteiger partial charge in [-0.15, -0.1) is 0 Å². The summed E-state index contributed by atoms with van der Waals surface area (Å²) in [6.45, 7) is 4.51. The fourth-order valence-corrected chi connectivity index (χ4v) is 4.07. The van der Waals surface area contributed by atoms with Crippen molar-refractivity contribution in [3.63, 3.8) is 0 Å². The number of amides is 1. The summed E-state index contributed by atoms with van der Waals surface area (Å²) in [4.78, 5) is 67.3. The van der Waals surface area contributed by atoms with E-state index >= 15 is 0 Å². The van der Waals surface area contributed by atoms with Crippen molar-refractivity contribution in [3.05, 3.63) is 0 Å². The molecule has 8 N–H and O–H groups in total. The van der Waals surface area contributed by atoms with Gasteiger partial charge in [0.05, 0.1) is 0 Å². The summed E-state index contributed by atoms with van der Waals surface area (Å²) in [5.74, 6) is -0.161. The van der Waals surface area contributed by atoms with Gasteiger partial charge >= 0.3 is 129 Å². The van der Waals surface area contributed by atoms with Crippen LogP contribution in [0.1, 0.15) is 32.6 Å². The number of hydrogen-bond acceptors (Lipinski definition) is 9. The van der Waals surface area contributed by atoms with Gasteiger partial charge in [-0.05, 0) is 6.42 Å². The van der Waals surface area contributed by atoms with E-state index in [0.717, 1.165) is 30.8 Å². The van der Waals surface area contributed by atoms with E-state index in [2.05, 4.69) is 17.6 Å². The number of carbonyl (C=O) groups excluding carboxylic acids is 1. The zero-order valence-corrected chi connectivity index (χ0v) is 16.1. The quantitative estimate of drug-likeness (QED) is 0.129. The molecule has 148 valence electrons. The molecule has 0 bridgehead atoms. The Morgan fingerprint density at radius 3 is 2.00 bits per heavy atom. The van der Waals surface area contributed by atoms with Gasteiger partial charge in [-0.25, -0.2) is 0 Å². The van der Waals surface area contributed by atoms with E-state index in [9.17, 15) is 4.79 Å². The van der Waals surface area contributed by atoms with E-state index in [4.69, 9.17) is 29.4 Å². The van der Waals surface area contributed by atoms with Gasteiger partial charge in [-0.1, -0.05) is 6.92 Å². The van der Waals surface area contributed by atoms with Crippen molar-refractivity contribution >= 4 is 21.8 Å². The molecule has 10 nitrogen and oxygen atoms in total. The molecule has 0 aromatic heterocycles. The molecule has 0 aliphatic heterocycles. The molecule has 0 saturated carbocycles. The molecule has 0 unspecified atom stereocenters. The molecular formula is C12H33N3O7P2. The second-order valence-electron chi connectivity index (χ2n) is 5.82. The maximum absolute atomic E-state index is 11.7. The van der Waals surface area contributed by atoms with Crippen molar-refractivity contribution in [2.24, 2.45) is 0 Å². The summed E-state index contributed by atoms with van der Waals surface area (Å²) in [5.41, 5.74) is 0. The van der Waals surface area contributed by atoms with Crippen molar-refractivity contribution < 1.29 is 34.2 Å². The monoisotopic (exact) mass is 393 g/mol. The van der Waals surface area contributed by atoms with Crippen LogP contribution in [0.4, 0.5) is 0 Å². The molecule has 0 heterocycles. The molecule has 0 aliphatic rings. The Morgan fingerprint density at radius 1 is 0.917 bits per heavy atom. The molecule has 0 aromatic carbocycles. The molecule has 0 radical (unpaired) electrons. The SMILES string of the molecule is CCCNCCCNC(=O)CCCN(C[PH](O)(O)O)C[PH](O)(O)O. The van der Waals surface area contributed by atoms with E-state index in [0.29, 0.717) is 13.0 Å². The van der Waals surface area contributed by atoms with Crippen LogP contribution in [0.2, 0.25) is 0 Å². The Bertz CT molecular complexity index is 335. The van der Waals surface area contributed by atoms with Crippen molar-refractivity contribution in [3.8, 4) is 0 Å². The number of rotatable bonds is 14. The predicted molar refractivity (Wildman–Crippen MR) is 96.4 cm³/mol. The van der Waals surface area contributed by atoms with Crippen molar-refractivity contribution in [1.29, 1.82) is 0 Å². The maximum atomic E-state index is 11.7. The van der Waals surface area contributed by atoms with Gasteiger partial charge in [-0.2, -0.15) is 0 Å². The molecule has 12 heteroatoms. The molecule has 0 spiro atoms. The summed E-state index contributed by atoms with van der Waals surface area (Å²) < 4.78 is 0. The molecule has 0 fully saturated rings. The zero-order valence-electron chi connectivity index (χ0n) is 14.1. The summed E-state index contributed by atoms with van der Waals surface area (Å²) in [6.07, 6.45) is 1.24. The van der Waals surface area contributed by atoms with Crippen LogP contribution in [-0.2, 0) is 4.79 Å². The Kier molecular flexibility index (Phi) is 12.4. The fourth-order valence-electron chi connectivity index (χ4n) is 2.11. The molecule has 0 rings (SSSR count). The molecule has 0 atom stereocenters. The third-order valence-electron chi connectivity index (χ3n) is 3.03. The summed E-state index contributed by atoms with van der Waals surface area (Å²) in [5, 5.41) is 5.97. The van der Waals surface area contributed by atoms with Crippen molar-refractivity contribution in [1.82, 2.24) is 15.5 Å². The van der Waals surface area contributed by atoms with Gasteiger partial charge < -0.3 is 0 Å². The first-order valence-electron chi connectivity index (χ1n) is 8.07. The fraction of sp³-hybridized carbons (Fsp3) is 0.917. The van der Waals surface area contributed by atoms with Crippen LogP contribution in [0.3, 0.4) is 0 Å². The zero-order chi connectivity index (χ0) is 18.6. The molecule has 24 heavy (non-hydrogen) atoms. The van der Waals surface area contributed by atoms with E-state index in [1.807, 2.05) is 0 Å². The van der Waals surface area contributed by atoms with Crippen LogP contribution >= 0.6 is 15.9 Å². The van der Waals surface area contributed by atoms with Crippen LogP contribution in [-0.4, -0.2) is 78.9 Å². The van der Waals surface area contributed by atoms with Crippen LogP contribution in [0, 0.1) is 0 Å². The van der Waals surface area contributed by atoms with Crippen LogP contribution in [0.5, 0.6) is 0 Å². The van der Waals surface area contributed by atoms with Crippen LogP contribution in [0.15, 0.2) is 0 Å². The second-order valence-corrected chi connectivity index (χ2v) is 9.55. The Balaban J connectivity index is 3.98. The second kappa shape index (κ2) is 12.4. The third-order valence-corrected chi connectivity index (χ3v) is 4.77. The van der Waals surface area contributed by atoms with Crippen molar-refractivity contribution in [2.75, 3.05) is 38.8 Å². The van der Waals surface area contributed by atoms with Crippen LogP contribution < -0.4 is 10.6 Å². The molecule has 0 saturated heterocycles. The summed E-state index contributed by atoms with van der Waals surface area (Å²) in [6, 6.07) is 0. The topological polar surface area (TPSA) is 166 Å². The first-order valence-corrected chi connectivity index (χ1v) is 12.2. The first-order chi connectivity index (χ1) is 11.0. The van der Waals surface area contributed by atoms with Gasteiger partial charge in [-0.3, -0.25) is 0 Å². The number of hydrogen-bond donors (Lipinski definition) is 8. The molecule has 1 amide bonds. The van der Waals surface area contributed by atoms with Gasteiger partial charge in [0.15, 0.2) is 0 Å². The average Bonchev–Trinajstić information content (AvgIpc) is 2.39. The standard InChI is InChI=1S/C12H33N3O7P2/c1-2-6-13-7-4-8-14-12(16)5-3-9-15(10-23(17,18)19)11-24(20,21)22/h13,17-24H,2-11H2,1H3,(H,14,16). The molecular weight excluding hydrogens is 360 g/mol. The van der Waals surface area contributed by atoms with E-state index in [1.165, 1.54) is 0 Å². The minimum atomic E-state index is -4.43.